The first-order chi connectivity index (χ1) is 13.8. The first-order valence-corrected chi connectivity index (χ1v) is 10.5. The van der Waals surface area contributed by atoms with Gasteiger partial charge >= 0.3 is 0 Å². The van der Waals surface area contributed by atoms with Crippen molar-refractivity contribution in [2.75, 3.05) is 16.8 Å². The monoisotopic (exact) mass is 409 g/mol. The van der Waals surface area contributed by atoms with Gasteiger partial charge in [0.1, 0.15) is 11.4 Å². The van der Waals surface area contributed by atoms with Crippen LogP contribution in [-0.4, -0.2) is 23.2 Å². The Kier molecular flexibility index (Phi) is 5.21. The molecule has 0 aromatic heterocycles. The van der Waals surface area contributed by atoms with Gasteiger partial charge in [-0.25, -0.2) is 0 Å². The maximum atomic E-state index is 11.9. The third-order valence-electron chi connectivity index (χ3n) is 5.44. The van der Waals surface area contributed by atoms with Crippen molar-refractivity contribution in [1.82, 2.24) is 5.32 Å². The van der Waals surface area contributed by atoms with Gasteiger partial charge in [-0.1, -0.05) is 12.1 Å². The van der Waals surface area contributed by atoms with E-state index in [0.29, 0.717) is 11.5 Å². The number of anilines is 2. The predicted molar refractivity (Wildman–Crippen MR) is 121 cm³/mol. The number of amides is 1. The Labute approximate surface area is 177 Å². The third kappa shape index (κ3) is 4.37. The van der Waals surface area contributed by atoms with Gasteiger partial charge < -0.3 is 20.3 Å². The van der Waals surface area contributed by atoms with E-state index < -0.39 is 0 Å². The van der Waals surface area contributed by atoms with Crippen molar-refractivity contribution in [3.05, 3.63) is 53.6 Å². The van der Waals surface area contributed by atoms with E-state index in [4.69, 9.17) is 17.0 Å². The van der Waals surface area contributed by atoms with Crippen molar-refractivity contribution >= 4 is 34.6 Å². The number of carbonyl (C=O) groups is 1. The van der Waals surface area contributed by atoms with Crippen LogP contribution in [0, 0.1) is 6.92 Å². The Morgan fingerprint density at radius 2 is 1.97 bits per heavy atom. The smallest absolute Gasteiger partial charge is 0.227 e. The number of hydrogen-bond donors (Lipinski definition) is 2. The lowest BCUT2D eigenvalue weighted by Gasteiger charge is -2.38. The topological polar surface area (TPSA) is 53.6 Å². The Morgan fingerprint density at radius 3 is 2.66 bits per heavy atom. The molecule has 1 fully saturated rings. The van der Waals surface area contributed by atoms with Crippen LogP contribution in [0.1, 0.15) is 50.3 Å². The van der Waals surface area contributed by atoms with Crippen molar-refractivity contribution in [1.29, 1.82) is 0 Å². The number of aryl methyl sites for hydroxylation is 1. The van der Waals surface area contributed by atoms with Crippen LogP contribution >= 0.6 is 12.2 Å². The number of thiocarbonyl (C=S) groups is 1. The summed E-state index contributed by atoms with van der Waals surface area (Å²) in [6, 6.07) is 14.2. The van der Waals surface area contributed by atoms with Crippen molar-refractivity contribution in [2.45, 2.75) is 51.7 Å². The molecule has 6 heteroatoms. The summed E-state index contributed by atoms with van der Waals surface area (Å²) in [6.07, 6.45) is 2.38. The molecule has 2 heterocycles. The normalized spacial score (nSPS) is 20.0. The Hall–Kier alpha value is -2.60. The minimum absolute atomic E-state index is 0.0795. The first kappa shape index (κ1) is 19.7. The maximum Gasteiger partial charge on any atom is 0.227 e. The highest BCUT2D eigenvalue weighted by Gasteiger charge is 2.34. The van der Waals surface area contributed by atoms with Crippen LogP contribution in [0.5, 0.6) is 5.75 Å². The van der Waals surface area contributed by atoms with Gasteiger partial charge in [-0.15, -0.1) is 0 Å². The number of hydrogen-bond acceptors (Lipinski definition) is 3. The van der Waals surface area contributed by atoms with Gasteiger partial charge in [-0.3, -0.25) is 4.79 Å². The van der Waals surface area contributed by atoms with E-state index in [1.807, 2.05) is 29.2 Å². The lowest BCUT2D eigenvalue weighted by atomic mass is 9.89. The van der Waals surface area contributed by atoms with Crippen molar-refractivity contribution in [3.63, 3.8) is 0 Å². The fourth-order valence-corrected chi connectivity index (χ4v) is 4.32. The van der Waals surface area contributed by atoms with Crippen LogP contribution < -0.4 is 20.3 Å². The van der Waals surface area contributed by atoms with Gasteiger partial charge in [0.15, 0.2) is 5.11 Å². The molecular weight excluding hydrogens is 382 g/mol. The van der Waals surface area contributed by atoms with Crippen molar-refractivity contribution < 1.29 is 9.53 Å². The zero-order valence-electron chi connectivity index (χ0n) is 17.1. The molecule has 1 saturated heterocycles. The van der Waals surface area contributed by atoms with Crippen LogP contribution in [-0.2, 0) is 4.79 Å². The average molecular weight is 410 g/mol. The van der Waals surface area contributed by atoms with E-state index in [2.05, 4.69) is 49.6 Å². The number of nitrogens with one attached hydrogen (secondary N) is 2. The van der Waals surface area contributed by atoms with Crippen LogP contribution in [0.2, 0.25) is 0 Å². The van der Waals surface area contributed by atoms with Gasteiger partial charge in [0, 0.05) is 36.3 Å². The number of nitrogens with zero attached hydrogens (tertiary/aromatic N) is 1. The minimum Gasteiger partial charge on any atom is -0.487 e. The molecule has 4 rings (SSSR count). The van der Waals surface area contributed by atoms with Gasteiger partial charge in [-0.2, -0.15) is 0 Å². The van der Waals surface area contributed by atoms with E-state index >= 15 is 0 Å². The summed E-state index contributed by atoms with van der Waals surface area (Å²) < 4.78 is 6.16. The second-order valence-corrected chi connectivity index (χ2v) is 8.86. The molecule has 0 radical (unpaired) electrons. The second kappa shape index (κ2) is 7.67. The predicted octanol–water partition coefficient (Wildman–Crippen LogP) is 4.71. The molecule has 1 amide bonds. The van der Waals surface area contributed by atoms with E-state index in [0.717, 1.165) is 42.1 Å². The SMILES string of the molecule is Cc1ccc2c(c1)OC(C)(C)CC2NC(=S)Nc1ccc(N2CCCC2=O)cc1. The summed E-state index contributed by atoms with van der Waals surface area (Å²) in [5.74, 6) is 1.11. The summed E-state index contributed by atoms with van der Waals surface area (Å²) in [7, 11) is 0. The summed E-state index contributed by atoms with van der Waals surface area (Å²) in [5, 5.41) is 7.29. The summed E-state index contributed by atoms with van der Waals surface area (Å²) in [5.41, 5.74) is 3.87. The molecule has 1 atom stereocenters. The van der Waals surface area contributed by atoms with Crippen LogP contribution in [0.15, 0.2) is 42.5 Å². The lowest BCUT2D eigenvalue weighted by molar-refractivity contribution is -0.117. The zero-order valence-corrected chi connectivity index (χ0v) is 17.9. The molecule has 1 unspecified atom stereocenters. The van der Waals surface area contributed by atoms with Gasteiger partial charge in [0.2, 0.25) is 5.91 Å². The molecule has 0 bridgehead atoms. The van der Waals surface area contributed by atoms with E-state index in [1.54, 1.807) is 0 Å². The highest BCUT2D eigenvalue weighted by Crippen LogP contribution is 2.40. The fraction of sp³-hybridized carbons (Fsp3) is 0.391. The highest BCUT2D eigenvalue weighted by atomic mass is 32.1. The van der Waals surface area contributed by atoms with Crippen LogP contribution in [0.25, 0.3) is 0 Å². The molecule has 0 spiro atoms. The molecule has 0 saturated carbocycles. The molecule has 29 heavy (non-hydrogen) atoms. The summed E-state index contributed by atoms with van der Waals surface area (Å²) >= 11 is 5.58. The van der Waals surface area contributed by atoms with E-state index in [-0.39, 0.29) is 17.6 Å². The Morgan fingerprint density at radius 1 is 1.21 bits per heavy atom. The van der Waals surface area contributed by atoms with Gasteiger partial charge in [0.25, 0.3) is 0 Å². The molecule has 2 aromatic rings. The number of carbonyl (C=O) groups excluding carboxylic acids is 1. The quantitative estimate of drug-likeness (QED) is 0.719. The van der Waals surface area contributed by atoms with Crippen molar-refractivity contribution in [3.8, 4) is 5.75 Å². The third-order valence-corrected chi connectivity index (χ3v) is 5.66. The highest BCUT2D eigenvalue weighted by molar-refractivity contribution is 7.80. The molecule has 152 valence electrons. The molecule has 2 aliphatic rings. The molecule has 2 aromatic carbocycles. The van der Waals surface area contributed by atoms with E-state index in [1.165, 1.54) is 5.56 Å². The molecule has 0 aliphatic carbocycles. The van der Waals surface area contributed by atoms with Crippen LogP contribution in [0.4, 0.5) is 11.4 Å². The largest absolute Gasteiger partial charge is 0.487 e. The summed E-state index contributed by atoms with van der Waals surface area (Å²) in [4.78, 5) is 13.7. The second-order valence-electron chi connectivity index (χ2n) is 8.45. The van der Waals surface area contributed by atoms with E-state index in [9.17, 15) is 4.79 Å². The fourth-order valence-electron chi connectivity index (χ4n) is 4.06. The number of rotatable bonds is 3. The number of fused-ring (bicyclic) bond motifs is 1. The first-order valence-electron chi connectivity index (χ1n) is 10.1. The average Bonchev–Trinajstić information content (AvgIpc) is 3.07. The summed E-state index contributed by atoms with van der Waals surface area (Å²) in [6.45, 7) is 7.06. The van der Waals surface area contributed by atoms with Crippen molar-refractivity contribution in [2.24, 2.45) is 0 Å². The molecular formula is C23H27N3O2S. The van der Waals surface area contributed by atoms with Gasteiger partial charge in [0.05, 0.1) is 6.04 Å². The molecule has 2 N–H and O–H groups in total. The maximum absolute atomic E-state index is 11.9. The Balaban J connectivity index is 1.44. The number of benzene rings is 2. The molecule has 2 aliphatic heterocycles. The minimum atomic E-state index is -0.266. The number of ether oxygens (including phenoxy) is 1. The van der Waals surface area contributed by atoms with Gasteiger partial charge in [-0.05, 0) is 75.3 Å². The van der Waals surface area contributed by atoms with Crippen LogP contribution in [0.3, 0.4) is 0 Å². The zero-order chi connectivity index (χ0) is 20.6. The Bertz CT molecular complexity index is 940. The lowest BCUT2D eigenvalue weighted by Crippen LogP contribution is -2.42. The molecule has 5 nitrogen and oxygen atoms in total. The standard InChI is InChI=1S/C23H27N3O2S/c1-15-6-11-18-19(14-23(2,3)28-20(18)13-15)25-22(29)24-16-7-9-17(10-8-16)26-12-4-5-21(26)27/h6-11,13,19H,4-5,12,14H2,1-3H3,(H2,24,25,29).